The molecule has 2 aromatic carbocycles. The SMILES string of the molecule is COc1ccc(C(=O)Nc2cc(-c3ccc(NC(=O)C4=CCCC=C4)cc3)nn2C)cc1. The van der Waals surface area contributed by atoms with E-state index in [4.69, 9.17) is 4.74 Å². The summed E-state index contributed by atoms with van der Waals surface area (Å²) in [6.45, 7) is 0. The van der Waals surface area contributed by atoms with Crippen molar-refractivity contribution in [2.24, 2.45) is 7.05 Å². The lowest BCUT2D eigenvalue weighted by Crippen LogP contribution is -2.14. The molecule has 0 saturated heterocycles. The average molecular weight is 428 g/mol. The highest BCUT2D eigenvalue weighted by atomic mass is 16.5. The summed E-state index contributed by atoms with van der Waals surface area (Å²) in [5.41, 5.74) is 3.51. The van der Waals surface area contributed by atoms with Crippen molar-refractivity contribution >= 4 is 23.3 Å². The van der Waals surface area contributed by atoms with Gasteiger partial charge in [-0.2, -0.15) is 5.10 Å². The van der Waals surface area contributed by atoms with E-state index in [1.54, 1.807) is 43.1 Å². The number of anilines is 2. The standard InChI is InChI=1S/C25H24N4O3/c1-29-23(27-25(31)19-10-14-21(32-2)15-11-19)16-22(28-29)17-8-12-20(13-9-17)26-24(30)18-6-4-3-5-7-18/h4,6-16H,3,5H2,1-2H3,(H,26,30)(H,27,31). The number of hydrogen-bond acceptors (Lipinski definition) is 4. The number of nitrogens with zero attached hydrogens (tertiary/aromatic N) is 2. The highest BCUT2D eigenvalue weighted by Crippen LogP contribution is 2.24. The van der Waals surface area contributed by atoms with E-state index in [2.05, 4.69) is 15.7 Å². The normalized spacial score (nSPS) is 12.8. The number of hydrogen-bond donors (Lipinski definition) is 2. The summed E-state index contributed by atoms with van der Waals surface area (Å²) >= 11 is 0. The van der Waals surface area contributed by atoms with Crippen LogP contribution >= 0.6 is 0 Å². The fourth-order valence-electron chi connectivity index (χ4n) is 3.37. The Balaban J connectivity index is 1.43. The van der Waals surface area contributed by atoms with Crippen molar-refractivity contribution in [3.63, 3.8) is 0 Å². The molecule has 0 radical (unpaired) electrons. The molecule has 3 aromatic rings. The summed E-state index contributed by atoms with van der Waals surface area (Å²) in [6, 6.07) is 16.2. The van der Waals surface area contributed by atoms with Gasteiger partial charge in [0.1, 0.15) is 11.6 Å². The van der Waals surface area contributed by atoms with E-state index in [9.17, 15) is 9.59 Å². The third-order valence-electron chi connectivity index (χ3n) is 5.17. The number of methoxy groups -OCH3 is 1. The Morgan fingerprint density at radius 1 is 0.969 bits per heavy atom. The number of allylic oxidation sites excluding steroid dienone is 2. The second-order valence-corrected chi connectivity index (χ2v) is 7.39. The lowest BCUT2D eigenvalue weighted by molar-refractivity contribution is -0.112. The van der Waals surface area contributed by atoms with Gasteiger partial charge < -0.3 is 15.4 Å². The number of aromatic nitrogens is 2. The predicted octanol–water partition coefficient (Wildman–Crippen LogP) is 4.56. The average Bonchev–Trinajstić information content (AvgIpc) is 3.20. The van der Waals surface area contributed by atoms with E-state index in [-0.39, 0.29) is 11.8 Å². The molecule has 1 aliphatic rings. The van der Waals surface area contributed by atoms with Crippen molar-refractivity contribution in [3.8, 4) is 17.0 Å². The highest BCUT2D eigenvalue weighted by Gasteiger charge is 2.13. The Morgan fingerprint density at radius 3 is 2.38 bits per heavy atom. The second-order valence-electron chi connectivity index (χ2n) is 7.39. The van der Waals surface area contributed by atoms with Crippen molar-refractivity contribution < 1.29 is 14.3 Å². The maximum absolute atomic E-state index is 12.5. The van der Waals surface area contributed by atoms with Crippen LogP contribution in [0.1, 0.15) is 23.2 Å². The molecule has 1 heterocycles. The zero-order valence-electron chi connectivity index (χ0n) is 18.0. The summed E-state index contributed by atoms with van der Waals surface area (Å²) < 4.78 is 6.74. The minimum absolute atomic E-state index is 0.116. The van der Waals surface area contributed by atoms with Crippen molar-refractivity contribution in [2.75, 3.05) is 17.7 Å². The van der Waals surface area contributed by atoms with Crippen molar-refractivity contribution in [1.82, 2.24) is 9.78 Å². The molecule has 7 heteroatoms. The number of nitrogens with one attached hydrogen (secondary N) is 2. The quantitative estimate of drug-likeness (QED) is 0.603. The van der Waals surface area contributed by atoms with Crippen LogP contribution in [0, 0.1) is 0 Å². The molecule has 2 N–H and O–H groups in total. The maximum Gasteiger partial charge on any atom is 0.256 e. The van der Waals surface area contributed by atoms with Gasteiger partial charge in [-0.25, -0.2) is 0 Å². The van der Waals surface area contributed by atoms with Crippen LogP contribution in [0.5, 0.6) is 5.75 Å². The van der Waals surface area contributed by atoms with Gasteiger partial charge >= 0.3 is 0 Å². The summed E-state index contributed by atoms with van der Waals surface area (Å²) in [5.74, 6) is 0.923. The first-order chi connectivity index (χ1) is 15.5. The van der Waals surface area contributed by atoms with Crippen molar-refractivity contribution in [2.45, 2.75) is 12.8 Å². The molecule has 1 aliphatic carbocycles. The third kappa shape index (κ3) is 4.78. The van der Waals surface area contributed by atoms with Crippen LogP contribution in [-0.2, 0) is 11.8 Å². The molecule has 32 heavy (non-hydrogen) atoms. The molecule has 0 fully saturated rings. The number of aryl methyl sites for hydroxylation is 1. The lowest BCUT2D eigenvalue weighted by atomic mass is 10.1. The van der Waals surface area contributed by atoms with Crippen LogP contribution in [-0.4, -0.2) is 28.7 Å². The number of carbonyl (C=O) groups is 2. The molecule has 162 valence electrons. The van der Waals surface area contributed by atoms with Crippen molar-refractivity contribution in [1.29, 1.82) is 0 Å². The fraction of sp³-hybridized carbons (Fsp3) is 0.160. The molecule has 0 saturated carbocycles. The van der Waals surface area contributed by atoms with Gasteiger partial charge in [-0.05, 0) is 49.2 Å². The Labute approximate surface area is 186 Å². The van der Waals surface area contributed by atoms with E-state index in [1.165, 1.54) is 0 Å². The first-order valence-electron chi connectivity index (χ1n) is 10.3. The van der Waals surface area contributed by atoms with Gasteiger partial charge in [-0.3, -0.25) is 14.3 Å². The molecular formula is C25H24N4O3. The molecule has 4 rings (SSSR count). The third-order valence-corrected chi connectivity index (χ3v) is 5.17. The zero-order valence-corrected chi connectivity index (χ0v) is 18.0. The number of ether oxygens (including phenoxy) is 1. The molecule has 0 aliphatic heterocycles. The van der Waals surface area contributed by atoms with Crippen LogP contribution < -0.4 is 15.4 Å². The van der Waals surface area contributed by atoms with Gasteiger partial charge in [0.25, 0.3) is 11.8 Å². The smallest absolute Gasteiger partial charge is 0.256 e. The summed E-state index contributed by atoms with van der Waals surface area (Å²) in [6.07, 6.45) is 7.65. The van der Waals surface area contributed by atoms with Crippen LogP contribution in [0.2, 0.25) is 0 Å². The van der Waals surface area contributed by atoms with E-state index in [0.717, 1.165) is 18.4 Å². The molecular weight excluding hydrogens is 404 g/mol. The first-order valence-corrected chi connectivity index (χ1v) is 10.3. The molecule has 2 amide bonds. The van der Waals surface area contributed by atoms with Crippen LogP contribution in [0.15, 0.2) is 78.4 Å². The van der Waals surface area contributed by atoms with Gasteiger partial charge in [0.2, 0.25) is 0 Å². The van der Waals surface area contributed by atoms with Gasteiger partial charge in [0, 0.05) is 35.5 Å². The number of amides is 2. The Bertz CT molecular complexity index is 1190. The monoisotopic (exact) mass is 428 g/mol. The molecule has 0 unspecified atom stereocenters. The zero-order chi connectivity index (χ0) is 22.5. The minimum atomic E-state index is -0.230. The number of benzene rings is 2. The maximum atomic E-state index is 12.5. The van der Waals surface area contributed by atoms with E-state index in [0.29, 0.717) is 34.1 Å². The number of carbonyl (C=O) groups excluding carboxylic acids is 2. The van der Waals surface area contributed by atoms with E-state index < -0.39 is 0 Å². The summed E-state index contributed by atoms with van der Waals surface area (Å²) in [7, 11) is 3.35. The largest absolute Gasteiger partial charge is 0.497 e. The fourth-order valence-corrected chi connectivity index (χ4v) is 3.37. The van der Waals surface area contributed by atoms with E-state index in [1.807, 2.05) is 48.6 Å². The first kappa shape index (κ1) is 21.1. The number of rotatable bonds is 6. The molecule has 0 spiro atoms. The van der Waals surface area contributed by atoms with Crippen LogP contribution in [0.25, 0.3) is 11.3 Å². The van der Waals surface area contributed by atoms with Crippen LogP contribution in [0.3, 0.4) is 0 Å². The topological polar surface area (TPSA) is 85.2 Å². The summed E-state index contributed by atoms with van der Waals surface area (Å²) in [5, 5.41) is 10.3. The molecule has 7 nitrogen and oxygen atoms in total. The Hall–Kier alpha value is -4.13. The van der Waals surface area contributed by atoms with E-state index >= 15 is 0 Å². The Morgan fingerprint density at radius 2 is 1.72 bits per heavy atom. The molecule has 0 atom stereocenters. The van der Waals surface area contributed by atoms with Gasteiger partial charge in [-0.1, -0.05) is 30.4 Å². The Kier molecular flexibility index (Phi) is 6.17. The highest BCUT2D eigenvalue weighted by molar-refractivity contribution is 6.06. The molecule has 0 bridgehead atoms. The summed E-state index contributed by atoms with van der Waals surface area (Å²) in [4.78, 5) is 24.9. The lowest BCUT2D eigenvalue weighted by Gasteiger charge is -2.08. The van der Waals surface area contributed by atoms with Gasteiger partial charge in [0.05, 0.1) is 12.8 Å². The predicted molar refractivity (Wildman–Crippen MR) is 125 cm³/mol. The van der Waals surface area contributed by atoms with Crippen LogP contribution in [0.4, 0.5) is 11.5 Å². The van der Waals surface area contributed by atoms with Crippen molar-refractivity contribution in [3.05, 3.63) is 84.0 Å². The molecule has 1 aromatic heterocycles. The second kappa shape index (κ2) is 9.34. The van der Waals surface area contributed by atoms with Gasteiger partial charge in [-0.15, -0.1) is 0 Å². The van der Waals surface area contributed by atoms with Gasteiger partial charge in [0.15, 0.2) is 0 Å². The minimum Gasteiger partial charge on any atom is -0.497 e.